The summed E-state index contributed by atoms with van der Waals surface area (Å²) in [6.07, 6.45) is 18.3. The fraction of sp³-hybridized carbons (Fsp3) is 0.941. The molecule has 1 saturated heterocycles. The number of hydrogen-bond acceptors (Lipinski definition) is 2. The van der Waals surface area contributed by atoms with Gasteiger partial charge in [-0.2, -0.15) is 0 Å². The molecule has 0 saturated carbocycles. The number of ether oxygens (including phenoxy) is 1. The minimum Gasteiger partial charge on any atom is -0.362 e. The van der Waals surface area contributed by atoms with Crippen LogP contribution in [-0.2, 0) is 9.53 Å². The van der Waals surface area contributed by atoms with Gasteiger partial charge in [0.25, 0.3) is 0 Å². The van der Waals surface area contributed by atoms with Crippen molar-refractivity contribution >= 4 is 6.29 Å². The maximum absolute atomic E-state index is 10.7. The van der Waals surface area contributed by atoms with Crippen LogP contribution in [0.1, 0.15) is 90.4 Å². The third-order valence-corrected chi connectivity index (χ3v) is 4.18. The van der Waals surface area contributed by atoms with E-state index in [0.717, 1.165) is 19.1 Å². The van der Waals surface area contributed by atoms with Crippen molar-refractivity contribution in [2.24, 2.45) is 0 Å². The Morgan fingerprint density at radius 3 is 1.63 bits per heavy atom. The third kappa shape index (κ3) is 8.41. The first-order valence-corrected chi connectivity index (χ1v) is 8.43. The summed E-state index contributed by atoms with van der Waals surface area (Å²) < 4.78 is 5.18. The van der Waals surface area contributed by atoms with Crippen LogP contribution in [0.2, 0.25) is 0 Å². The van der Waals surface area contributed by atoms with Crippen LogP contribution < -0.4 is 0 Å². The van der Waals surface area contributed by atoms with Crippen molar-refractivity contribution < 1.29 is 9.53 Å². The van der Waals surface area contributed by atoms with Crippen LogP contribution in [0.3, 0.4) is 0 Å². The molecule has 112 valence electrons. The van der Waals surface area contributed by atoms with E-state index in [2.05, 4.69) is 6.92 Å². The summed E-state index contributed by atoms with van der Waals surface area (Å²) in [6.45, 7) is 2.93. The summed E-state index contributed by atoms with van der Waals surface area (Å²) in [5.41, 5.74) is -0.349. The maximum atomic E-state index is 10.7. The molecule has 1 aliphatic heterocycles. The molecule has 2 nitrogen and oxygen atoms in total. The fourth-order valence-electron chi connectivity index (χ4n) is 2.63. The second kappa shape index (κ2) is 10.4. The van der Waals surface area contributed by atoms with E-state index < -0.39 is 0 Å². The van der Waals surface area contributed by atoms with Crippen molar-refractivity contribution in [3.63, 3.8) is 0 Å². The Morgan fingerprint density at radius 2 is 1.26 bits per heavy atom. The molecular formula is C17H32O2. The topological polar surface area (TPSA) is 29.6 Å². The van der Waals surface area contributed by atoms with Gasteiger partial charge in [0, 0.05) is 0 Å². The molecule has 0 amide bonds. The second-order valence-corrected chi connectivity index (χ2v) is 6.11. The molecule has 0 aromatic heterocycles. The number of hydrogen-bond donors (Lipinski definition) is 0. The van der Waals surface area contributed by atoms with Crippen molar-refractivity contribution in [2.75, 3.05) is 6.61 Å². The summed E-state index contributed by atoms with van der Waals surface area (Å²) >= 11 is 0. The number of carbonyl (C=O) groups is 1. The van der Waals surface area contributed by atoms with E-state index in [4.69, 9.17) is 4.74 Å². The molecule has 0 unspecified atom stereocenters. The molecule has 0 bridgehead atoms. The summed E-state index contributed by atoms with van der Waals surface area (Å²) in [4.78, 5) is 10.7. The van der Waals surface area contributed by atoms with Gasteiger partial charge >= 0.3 is 0 Å². The Morgan fingerprint density at radius 1 is 0.842 bits per heavy atom. The van der Waals surface area contributed by atoms with Gasteiger partial charge in [-0.05, 0) is 6.42 Å². The Hall–Kier alpha value is -0.370. The van der Waals surface area contributed by atoms with Gasteiger partial charge in [0.15, 0.2) is 6.29 Å². The number of aldehydes is 1. The normalized spacial score (nSPS) is 21.5. The molecule has 2 heteroatoms. The van der Waals surface area contributed by atoms with Crippen LogP contribution in [0.5, 0.6) is 0 Å². The van der Waals surface area contributed by atoms with Crippen molar-refractivity contribution in [3.8, 4) is 0 Å². The highest BCUT2D eigenvalue weighted by Crippen LogP contribution is 2.30. The number of epoxide rings is 1. The van der Waals surface area contributed by atoms with Crippen LogP contribution in [0.15, 0.2) is 0 Å². The van der Waals surface area contributed by atoms with Gasteiger partial charge in [0.2, 0.25) is 0 Å². The molecule has 1 heterocycles. The molecule has 1 rings (SSSR count). The summed E-state index contributed by atoms with van der Waals surface area (Å²) in [6, 6.07) is 0. The molecule has 0 radical (unpaired) electrons. The molecule has 0 aromatic carbocycles. The summed E-state index contributed by atoms with van der Waals surface area (Å²) in [7, 11) is 0. The van der Waals surface area contributed by atoms with E-state index in [1.807, 2.05) is 0 Å². The highest BCUT2D eigenvalue weighted by Gasteiger charge is 2.43. The van der Waals surface area contributed by atoms with Crippen LogP contribution in [0.4, 0.5) is 0 Å². The maximum Gasteiger partial charge on any atom is 0.154 e. The number of rotatable bonds is 14. The van der Waals surface area contributed by atoms with E-state index in [-0.39, 0.29) is 5.60 Å². The Bertz CT molecular complexity index is 221. The largest absolute Gasteiger partial charge is 0.362 e. The van der Waals surface area contributed by atoms with Crippen molar-refractivity contribution in [1.82, 2.24) is 0 Å². The predicted octanol–water partition coefficient (Wildman–Crippen LogP) is 5.05. The van der Waals surface area contributed by atoms with Crippen molar-refractivity contribution in [2.45, 2.75) is 96.0 Å². The first kappa shape index (κ1) is 16.7. The zero-order valence-corrected chi connectivity index (χ0v) is 12.8. The lowest BCUT2D eigenvalue weighted by Crippen LogP contribution is -2.11. The zero-order valence-electron chi connectivity index (χ0n) is 12.8. The minimum atomic E-state index is -0.349. The lowest BCUT2D eigenvalue weighted by molar-refractivity contribution is -0.112. The van der Waals surface area contributed by atoms with Gasteiger partial charge in [-0.15, -0.1) is 0 Å². The van der Waals surface area contributed by atoms with Crippen LogP contribution in [0.25, 0.3) is 0 Å². The van der Waals surface area contributed by atoms with Gasteiger partial charge in [-0.25, -0.2) is 0 Å². The molecule has 1 fully saturated rings. The quantitative estimate of drug-likeness (QED) is 0.251. The highest BCUT2D eigenvalue weighted by atomic mass is 16.6. The van der Waals surface area contributed by atoms with E-state index in [9.17, 15) is 4.79 Å². The van der Waals surface area contributed by atoms with Gasteiger partial charge < -0.3 is 9.53 Å². The van der Waals surface area contributed by atoms with Gasteiger partial charge in [-0.1, -0.05) is 84.0 Å². The molecule has 0 N–H and O–H groups in total. The van der Waals surface area contributed by atoms with E-state index in [1.165, 1.54) is 70.6 Å². The molecule has 0 aromatic rings. The molecule has 19 heavy (non-hydrogen) atoms. The van der Waals surface area contributed by atoms with E-state index in [1.54, 1.807) is 0 Å². The van der Waals surface area contributed by atoms with E-state index in [0.29, 0.717) is 6.61 Å². The highest BCUT2D eigenvalue weighted by molar-refractivity contribution is 5.66. The van der Waals surface area contributed by atoms with E-state index >= 15 is 0 Å². The first-order chi connectivity index (χ1) is 9.33. The Kier molecular flexibility index (Phi) is 9.15. The zero-order chi connectivity index (χ0) is 13.8. The Labute approximate surface area is 119 Å². The van der Waals surface area contributed by atoms with Gasteiger partial charge in [0.05, 0.1) is 6.61 Å². The molecule has 1 atom stereocenters. The fourth-order valence-corrected chi connectivity index (χ4v) is 2.63. The average Bonchev–Trinajstić information content (AvgIpc) is 3.21. The minimum absolute atomic E-state index is 0.349. The number of unbranched alkanes of at least 4 members (excludes halogenated alkanes) is 11. The smallest absolute Gasteiger partial charge is 0.154 e. The van der Waals surface area contributed by atoms with Crippen LogP contribution in [0, 0.1) is 0 Å². The summed E-state index contributed by atoms with van der Waals surface area (Å²) in [5, 5.41) is 0. The van der Waals surface area contributed by atoms with Crippen LogP contribution in [-0.4, -0.2) is 18.5 Å². The second-order valence-electron chi connectivity index (χ2n) is 6.11. The first-order valence-electron chi connectivity index (χ1n) is 8.43. The lowest BCUT2D eigenvalue weighted by atomic mass is 10.0. The molecule has 1 aliphatic rings. The molecule has 0 aliphatic carbocycles. The van der Waals surface area contributed by atoms with Crippen LogP contribution >= 0.6 is 0 Å². The average molecular weight is 268 g/mol. The number of carbonyl (C=O) groups excluding carboxylic acids is 1. The molecule has 0 spiro atoms. The van der Waals surface area contributed by atoms with Crippen molar-refractivity contribution in [3.05, 3.63) is 0 Å². The Balaban J connectivity index is 1.71. The lowest BCUT2D eigenvalue weighted by Gasteiger charge is -2.04. The predicted molar refractivity (Wildman–Crippen MR) is 80.4 cm³/mol. The monoisotopic (exact) mass is 268 g/mol. The third-order valence-electron chi connectivity index (χ3n) is 4.18. The summed E-state index contributed by atoms with van der Waals surface area (Å²) in [5.74, 6) is 0. The standard InChI is InChI=1S/C17H32O2/c1-2-3-4-5-6-7-8-9-10-11-12-13-14-17(15-18)16-19-17/h15H,2-14,16H2,1H3/t17-/m0/s1. The van der Waals surface area contributed by atoms with Gasteiger partial charge in [0.1, 0.15) is 5.60 Å². The van der Waals surface area contributed by atoms with Crippen molar-refractivity contribution in [1.29, 1.82) is 0 Å². The molecular weight excluding hydrogens is 236 g/mol. The SMILES string of the molecule is CCCCCCCCCCCCCC[C@]1(C=O)CO1. The van der Waals surface area contributed by atoms with Gasteiger partial charge in [-0.3, -0.25) is 0 Å².